The first-order valence-corrected chi connectivity index (χ1v) is 12.6. The summed E-state index contributed by atoms with van der Waals surface area (Å²) in [5.74, 6) is -0.0461. The fourth-order valence-electron chi connectivity index (χ4n) is 5.25. The van der Waals surface area contributed by atoms with E-state index in [1.165, 1.54) is 27.4 Å². The fourth-order valence-corrected chi connectivity index (χ4v) is 5.25. The van der Waals surface area contributed by atoms with Gasteiger partial charge in [0.25, 0.3) is 0 Å². The number of carboxylic acids is 1. The SMILES string of the molecule is COc1cccc(Cn2ccc3ccc(-c4ccc5c(C)cn(Cc6cccc(C(=O)O)c6)c5c4)cc32)c1. The summed E-state index contributed by atoms with van der Waals surface area (Å²) in [6.07, 6.45) is 4.28. The van der Waals surface area contributed by atoms with E-state index in [-0.39, 0.29) is 0 Å². The Morgan fingerprint density at radius 2 is 1.50 bits per heavy atom. The Hall–Kier alpha value is -4.77. The quantitative estimate of drug-likeness (QED) is 0.249. The van der Waals surface area contributed by atoms with E-state index in [9.17, 15) is 9.90 Å². The monoisotopic (exact) mass is 500 g/mol. The lowest BCUT2D eigenvalue weighted by Gasteiger charge is -2.10. The van der Waals surface area contributed by atoms with Gasteiger partial charge in [-0.3, -0.25) is 0 Å². The van der Waals surface area contributed by atoms with Gasteiger partial charge in [0.05, 0.1) is 12.7 Å². The second-order valence-corrected chi connectivity index (χ2v) is 9.75. The number of hydrogen-bond donors (Lipinski definition) is 1. The zero-order valence-corrected chi connectivity index (χ0v) is 21.4. The molecule has 6 aromatic rings. The predicted octanol–water partition coefficient (Wildman–Crippen LogP) is 7.37. The van der Waals surface area contributed by atoms with Crippen LogP contribution in [0.25, 0.3) is 32.9 Å². The van der Waals surface area contributed by atoms with Crippen LogP contribution < -0.4 is 4.74 Å². The van der Waals surface area contributed by atoms with E-state index in [2.05, 4.69) is 83.0 Å². The molecule has 5 nitrogen and oxygen atoms in total. The summed E-state index contributed by atoms with van der Waals surface area (Å²) in [6, 6.07) is 30.7. The summed E-state index contributed by atoms with van der Waals surface area (Å²) in [7, 11) is 1.69. The summed E-state index contributed by atoms with van der Waals surface area (Å²) in [6.45, 7) is 3.49. The number of hydrogen-bond acceptors (Lipinski definition) is 2. The van der Waals surface area contributed by atoms with Crippen molar-refractivity contribution >= 4 is 27.8 Å². The number of aromatic nitrogens is 2. The first kappa shape index (κ1) is 23.6. The number of methoxy groups -OCH3 is 1. The fraction of sp³-hybridized carbons (Fsp3) is 0.121. The van der Waals surface area contributed by atoms with Crippen molar-refractivity contribution in [2.24, 2.45) is 0 Å². The Labute approximate surface area is 221 Å². The Morgan fingerprint density at radius 1 is 0.789 bits per heavy atom. The molecule has 4 aromatic carbocycles. The maximum Gasteiger partial charge on any atom is 0.335 e. The normalized spacial score (nSPS) is 11.3. The lowest BCUT2D eigenvalue weighted by Crippen LogP contribution is -2.01. The summed E-state index contributed by atoms with van der Waals surface area (Å²) in [5, 5.41) is 11.8. The van der Waals surface area contributed by atoms with Crippen molar-refractivity contribution in [3.8, 4) is 16.9 Å². The lowest BCUT2D eigenvalue weighted by molar-refractivity contribution is 0.0696. The zero-order chi connectivity index (χ0) is 26.2. The van der Waals surface area contributed by atoms with E-state index >= 15 is 0 Å². The number of rotatable bonds is 7. The Morgan fingerprint density at radius 3 is 2.29 bits per heavy atom. The van der Waals surface area contributed by atoms with Gasteiger partial charge in [-0.1, -0.05) is 48.5 Å². The van der Waals surface area contributed by atoms with Gasteiger partial charge in [0.15, 0.2) is 0 Å². The lowest BCUT2D eigenvalue weighted by atomic mass is 10.0. The first-order valence-electron chi connectivity index (χ1n) is 12.6. The van der Waals surface area contributed by atoms with Crippen LogP contribution in [0.4, 0.5) is 0 Å². The van der Waals surface area contributed by atoms with Gasteiger partial charge in [-0.25, -0.2) is 4.79 Å². The van der Waals surface area contributed by atoms with Gasteiger partial charge in [-0.2, -0.15) is 0 Å². The summed E-state index contributed by atoms with van der Waals surface area (Å²) in [5.41, 5.74) is 8.27. The molecule has 0 radical (unpaired) electrons. The summed E-state index contributed by atoms with van der Waals surface area (Å²) < 4.78 is 9.88. The molecule has 0 saturated heterocycles. The van der Waals surface area contributed by atoms with Crippen LogP contribution in [0.1, 0.15) is 27.0 Å². The average molecular weight is 501 g/mol. The van der Waals surface area contributed by atoms with Crippen molar-refractivity contribution in [3.05, 3.63) is 126 Å². The van der Waals surface area contributed by atoms with Crippen molar-refractivity contribution in [1.82, 2.24) is 9.13 Å². The standard InChI is InChI=1S/C33H28N2O3/c1-22-19-35(21-23-5-3-7-28(15-23)33(36)37)32-18-27(11-12-30(22)32)26-10-9-25-13-14-34(31(25)17-26)20-24-6-4-8-29(16-24)38-2/h3-19H,20-21H2,1-2H3,(H,36,37). The van der Waals surface area contributed by atoms with Gasteiger partial charge in [0.1, 0.15) is 5.75 Å². The largest absolute Gasteiger partial charge is 0.497 e. The highest BCUT2D eigenvalue weighted by atomic mass is 16.5. The van der Waals surface area contributed by atoms with Crippen molar-refractivity contribution < 1.29 is 14.6 Å². The molecule has 0 aliphatic carbocycles. The van der Waals surface area contributed by atoms with Crippen LogP contribution in [0.2, 0.25) is 0 Å². The Balaban J connectivity index is 1.36. The highest BCUT2D eigenvalue weighted by molar-refractivity contribution is 5.91. The number of aryl methyl sites for hydroxylation is 1. The van der Waals surface area contributed by atoms with Crippen LogP contribution in [-0.4, -0.2) is 27.3 Å². The molecule has 0 aliphatic rings. The van der Waals surface area contributed by atoms with E-state index in [1.54, 1.807) is 25.3 Å². The minimum atomic E-state index is -0.908. The van der Waals surface area contributed by atoms with Gasteiger partial charge < -0.3 is 19.0 Å². The number of carbonyl (C=O) groups is 1. The van der Waals surface area contributed by atoms with Crippen LogP contribution in [0.5, 0.6) is 5.75 Å². The highest BCUT2D eigenvalue weighted by Gasteiger charge is 2.11. The molecule has 5 heteroatoms. The van der Waals surface area contributed by atoms with Crippen LogP contribution in [0.15, 0.2) is 103 Å². The van der Waals surface area contributed by atoms with Gasteiger partial charge in [0, 0.05) is 41.9 Å². The topological polar surface area (TPSA) is 56.4 Å². The Kier molecular flexibility index (Phi) is 5.97. The minimum absolute atomic E-state index is 0.307. The predicted molar refractivity (Wildman–Crippen MR) is 152 cm³/mol. The third kappa shape index (κ3) is 4.43. The van der Waals surface area contributed by atoms with Crippen LogP contribution in [-0.2, 0) is 13.1 Å². The van der Waals surface area contributed by atoms with Crippen molar-refractivity contribution in [2.75, 3.05) is 7.11 Å². The molecule has 2 aromatic heterocycles. The van der Waals surface area contributed by atoms with Crippen LogP contribution in [0, 0.1) is 6.92 Å². The van der Waals surface area contributed by atoms with E-state index in [4.69, 9.17) is 4.74 Å². The van der Waals surface area contributed by atoms with Crippen molar-refractivity contribution in [3.63, 3.8) is 0 Å². The summed E-state index contributed by atoms with van der Waals surface area (Å²) in [4.78, 5) is 11.4. The first-order chi connectivity index (χ1) is 18.5. The molecule has 0 fully saturated rings. The number of benzene rings is 4. The molecule has 0 bridgehead atoms. The average Bonchev–Trinajstić information content (AvgIpc) is 3.48. The molecule has 2 heterocycles. The third-order valence-corrected chi connectivity index (χ3v) is 7.20. The molecular formula is C33H28N2O3. The molecule has 0 amide bonds. The molecule has 0 saturated carbocycles. The maximum atomic E-state index is 11.4. The molecule has 1 N–H and O–H groups in total. The molecule has 0 aliphatic heterocycles. The molecule has 6 rings (SSSR count). The number of ether oxygens (including phenoxy) is 1. The smallest absolute Gasteiger partial charge is 0.335 e. The van der Waals surface area contributed by atoms with Crippen LogP contribution in [0.3, 0.4) is 0 Å². The van der Waals surface area contributed by atoms with Gasteiger partial charge in [-0.15, -0.1) is 0 Å². The number of nitrogens with zero attached hydrogens (tertiary/aromatic N) is 2. The van der Waals surface area contributed by atoms with Gasteiger partial charge in [0.2, 0.25) is 0 Å². The van der Waals surface area contributed by atoms with Crippen LogP contribution >= 0.6 is 0 Å². The van der Waals surface area contributed by atoms with E-state index in [0.29, 0.717) is 12.1 Å². The molecular weight excluding hydrogens is 472 g/mol. The van der Waals surface area contributed by atoms with E-state index < -0.39 is 5.97 Å². The van der Waals surface area contributed by atoms with Gasteiger partial charge in [-0.05, 0) is 82.6 Å². The Bertz CT molecular complexity index is 1810. The second-order valence-electron chi connectivity index (χ2n) is 9.75. The van der Waals surface area contributed by atoms with Crippen molar-refractivity contribution in [1.29, 1.82) is 0 Å². The van der Waals surface area contributed by atoms with Crippen molar-refractivity contribution in [2.45, 2.75) is 20.0 Å². The zero-order valence-electron chi connectivity index (χ0n) is 21.4. The molecule has 0 unspecified atom stereocenters. The maximum absolute atomic E-state index is 11.4. The molecule has 188 valence electrons. The van der Waals surface area contributed by atoms with E-state index in [1.807, 2.05) is 18.2 Å². The highest BCUT2D eigenvalue weighted by Crippen LogP contribution is 2.31. The molecule has 0 spiro atoms. The molecule has 38 heavy (non-hydrogen) atoms. The number of carboxylic acid groups (broad SMARTS) is 1. The van der Waals surface area contributed by atoms with Gasteiger partial charge >= 0.3 is 5.97 Å². The van der Waals surface area contributed by atoms with E-state index in [0.717, 1.165) is 34.5 Å². The number of fused-ring (bicyclic) bond motifs is 2. The second kappa shape index (κ2) is 9.60. The minimum Gasteiger partial charge on any atom is -0.497 e. The number of aromatic carboxylic acids is 1. The summed E-state index contributed by atoms with van der Waals surface area (Å²) >= 11 is 0. The molecule has 0 atom stereocenters. The third-order valence-electron chi connectivity index (χ3n) is 7.20.